The highest BCUT2D eigenvalue weighted by molar-refractivity contribution is 5.97. The number of aliphatic hydroxyl groups is 1. The number of aromatic nitrogens is 4. The van der Waals surface area contributed by atoms with Crippen LogP contribution in [0.1, 0.15) is 59.4 Å². The summed E-state index contributed by atoms with van der Waals surface area (Å²) in [5, 5.41) is 16.0. The van der Waals surface area contributed by atoms with Crippen LogP contribution >= 0.6 is 0 Å². The number of nitrogens with zero attached hydrogens (tertiary/aromatic N) is 4. The highest BCUT2D eigenvalue weighted by Crippen LogP contribution is 2.42. The fraction of sp³-hybridized carbons (Fsp3) is 0.306. The maximum absolute atomic E-state index is 12.7. The number of ether oxygens (including phenoxy) is 1. The average Bonchev–Trinajstić information content (AvgIpc) is 3.36. The Balaban J connectivity index is 1.42. The number of hydrogen-bond acceptors (Lipinski definition) is 8. The molecule has 1 saturated carbocycles. The number of benzene rings is 2. The predicted octanol–water partition coefficient (Wildman–Crippen LogP) is 6.35. The molecule has 47 heavy (non-hydrogen) atoms. The van der Waals surface area contributed by atoms with E-state index in [0.29, 0.717) is 39.8 Å². The summed E-state index contributed by atoms with van der Waals surface area (Å²) < 4.78 is 7.51. The van der Waals surface area contributed by atoms with E-state index in [1.807, 2.05) is 92.1 Å². The van der Waals surface area contributed by atoms with Crippen LogP contribution in [-0.2, 0) is 15.1 Å². The first kappa shape index (κ1) is 31.7. The van der Waals surface area contributed by atoms with Crippen molar-refractivity contribution in [3.8, 4) is 28.3 Å². The number of alkyl carbamates (subject to hydrolysis) is 1. The third-order valence-electron chi connectivity index (χ3n) is 8.18. The van der Waals surface area contributed by atoms with E-state index in [-0.39, 0.29) is 0 Å². The monoisotopic (exact) mass is 633 g/mol. The summed E-state index contributed by atoms with van der Waals surface area (Å²) in [7, 11) is 0. The summed E-state index contributed by atoms with van der Waals surface area (Å²) in [6.45, 7) is 8.42. The third kappa shape index (κ3) is 6.52. The minimum absolute atomic E-state index is 0.339. The molecule has 5 N–H and O–H groups in total. The van der Waals surface area contributed by atoms with E-state index in [9.17, 15) is 14.7 Å². The van der Waals surface area contributed by atoms with E-state index in [2.05, 4.69) is 15.6 Å². The molecule has 6 rings (SSSR count). The number of carbonyl (C=O) groups excluding carboxylic acids is 2. The first-order chi connectivity index (χ1) is 22.2. The zero-order valence-corrected chi connectivity index (χ0v) is 27.2. The van der Waals surface area contributed by atoms with Gasteiger partial charge >= 0.3 is 6.09 Å². The zero-order valence-electron chi connectivity index (χ0n) is 27.2. The van der Waals surface area contributed by atoms with Crippen molar-refractivity contribution < 1.29 is 19.4 Å². The Morgan fingerprint density at radius 1 is 0.957 bits per heavy atom. The van der Waals surface area contributed by atoms with Gasteiger partial charge in [0.25, 0.3) is 5.91 Å². The number of nitrogens with two attached hydrogens (primary N) is 1. The molecule has 11 nitrogen and oxygen atoms in total. The second-order valence-electron chi connectivity index (χ2n) is 13.4. The molecular weight excluding hydrogens is 594 g/mol. The molecule has 0 atom stereocenters. The Kier molecular flexibility index (Phi) is 7.96. The van der Waals surface area contributed by atoms with Crippen LogP contribution in [-0.4, -0.2) is 47.8 Å². The quantitative estimate of drug-likeness (QED) is 0.162. The Morgan fingerprint density at radius 3 is 2.34 bits per heavy atom. The van der Waals surface area contributed by atoms with Gasteiger partial charge in [0, 0.05) is 23.1 Å². The summed E-state index contributed by atoms with van der Waals surface area (Å²) in [4.78, 5) is 39.4. The van der Waals surface area contributed by atoms with Crippen molar-refractivity contribution in [2.24, 2.45) is 0 Å². The van der Waals surface area contributed by atoms with Gasteiger partial charge in [0.2, 0.25) is 0 Å². The zero-order chi connectivity index (χ0) is 33.6. The van der Waals surface area contributed by atoms with Crippen molar-refractivity contribution in [2.45, 2.75) is 70.6 Å². The van der Waals surface area contributed by atoms with Gasteiger partial charge in [-0.15, -0.1) is 0 Å². The van der Waals surface area contributed by atoms with E-state index in [1.54, 1.807) is 12.3 Å². The Hall–Kier alpha value is -5.29. The van der Waals surface area contributed by atoms with Crippen LogP contribution in [0.2, 0.25) is 0 Å². The molecule has 0 unspecified atom stereocenters. The van der Waals surface area contributed by atoms with Gasteiger partial charge in [0.1, 0.15) is 22.5 Å². The lowest BCUT2D eigenvalue weighted by molar-refractivity contribution is -0.130. The highest BCUT2D eigenvalue weighted by atomic mass is 16.6. The van der Waals surface area contributed by atoms with Crippen LogP contribution in [0.4, 0.5) is 16.3 Å². The van der Waals surface area contributed by atoms with Gasteiger partial charge in [-0.25, -0.2) is 19.7 Å². The molecule has 2 aromatic carbocycles. The molecular formula is C36H39N7O4. The number of rotatable bonds is 7. The fourth-order valence-electron chi connectivity index (χ4n) is 5.63. The lowest BCUT2D eigenvalue weighted by Crippen LogP contribution is -2.52. The van der Waals surface area contributed by atoms with Crippen LogP contribution in [0, 0.1) is 0 Å². The standard InChI is InChI=1S/C36H39N7O4/c1-34(2,3)47-33(45)42-36(18-8-19-36)23-12-14-25(15-13-23)43-30(26-11-7-20-38-29(26)37)41-28-17-16-27(40-31(28)43)22-9-6-10-24(21-22)39-32(44)35(4,5)46/h6-7,9-17,20-21,46H,8,18-19H2,1-5H3,(H2,37,38)(H,39,44)(H,42,45). The second kappa shape index (κ2) is 11.8. The van der Waals surface area contributed by atoms with Crippen molar-refractivity contribution in [2.75, 3.05) is 11.1 Å². The van der Waals surface area contributed by atoms with Crippen LogP contribution < -0.4 is 16.4 Å². The van der Waals surface area contributed by atoms with E-state index < -0.39 is 28.7 Å². The maximum atomic E-state index is 12.7. The number of carbonyl (C=O) groups is 2. The third-order valence-corrected chi connectivity index (χ3v) is 8.18. The smallest absolute Gasteiger partial charge is 0.408 e. The Labute approximate surface area is 273 Å². The first-order valence-electron chi connectivity index (χ1n) is 15.6. The fourth-order valence-corrected chi connectivity index (χ4v) is 5.63. The normalized spacial score (nSPS) is 14.3. The molecule has 1 aliphatic carbocycles. The van der Waals surface area contributed by atoms with Gasteiger partial charge in [-0.1, -0.05) is 24.3 Å². The van der Waals surface area contributed by atoms with Crippen molar-refractivity contribution >= 4 is 34.7 Å². The molecule has 1 aliphatic rings. The molecule has 11 heteroatoms. The molecule has 0 radical (unpaired) electrons. The molecule has 3 aromatic heterocycles. The lowest BCUT2D eigenvalue weighted by Gasteiger charge is -2.43. The van der Waals surface area contributed by atoms with Gasteiger partial charge in [-0.2, -0.15) is 0 Å². The minimum atomic E-state index is -1.52. The van der Waals surface area contributed by atoms with E-state index in [0.717, 1.165) is 36.1 Å². The topological polar surface area (TPSA) is 157 Å². The molecule has 3 heterocycles. The van der Waals surface area contributed by atoms with Crippen LogP contribution in [0.15, 0.2) is 79.0 Å². The number of amides is 2. The number of nitrogen functional groups attached to an aromatic ring is 1. The number of pyridine rings is 2. The maximum Gasteiger partial charge on any atom is 0.408 e. The van der Waals surface area contributed by atoms with Gasteiger partial charge in [0.05, 0.1) is 16.8 Å². The van der Waals surface area contributed by atoms with Gasteiger partial charge < -0.3 is 26.2 Å². The van der Waals surface area contributed by atoms with Gasteiger partial charge in [-0.3, -0.25) is 9.36 Å². The lowest BCUT2D eigenvalue weighted by atomic mass is 9.72. The predicted molar refractivity (Wildman–Crippen MR) is 182 cm³/mol. The molecule has 0 spiro atoms. The summed E-state index contributed by atoms with van der Waals surface area (Å²) in [5.41, 5.74) is 9.41. The molecule has 242 valence electrons. The minimum Gasteiger partial charge on any atom is -0.444 e. The number of imidazole rings is 1. The molecule has 5 aromatic rings. The number of hydrogen-bond donors (Lipinski definition) is 4. The van der Waals surface area contributed by atoms with Crippen molar-refractivity contribution in [1.82, 2.24) is 24.8 Å². The van der Waals surface area contributed by atoms with Gasteiger partial charge in [-0.05, 0) is 108 Å². The largest absolute Gasteiger partial charge is 0.444 e. The van der Waals surface area contributed by atoms with Crippen LogP contribution in [0.25, 0.3) is 39.5 Å². The molecule has 0 saturated heterocycles. The average molecular weight is 634 g/mol. The SMILES string of the molecule is CC(C)(C)OC(=O)NC1(c2ccc(-n3c(-c4cccnc4N)nc4ccc(-c5cccc(NC(=O)C(C)(C)O)c5)nc43)cc2)CCC1. The molecule has 1 fully saturated rings. The second-order valence-corrected chi connectivity index (χ2v) is 13.4. The Bertz CT molecular complexity index is 1970. The van der Waals surface area contributed by atoms with Crippen molar-refractivity contribution in [3.05, 3.63) is 84.6 Å². The highest BCUT2D eigenvalue weighted by Gasteiger charge is 2.41. The van der Waals surface area contributed by atoms with Crippen LogP contribution in [0.3, 0.4) is 0 Å². The van der Waals surface area contributed by atoms with E-state index in [1.165, 1.54) is 13.8 Å². The number of anilines is 2. The number of nitrogens with one attached hydrogen (secondary N) is 2. The summed E-state index contributed by atoms with van der Waals surface area (Å²) in [6, 6.07) is 22.8. The summed E-state index contributed by atoms with van der Waals surface area (Å²) >= 11 is 0. The Morgan fingerprint density at radius 2 is 1.70 bits per heavy atom. The first-order valence-corrected chi connectivity index (χ1v) is 15.6. The number of fused-ring (bicyclic) bond motifs is 1. The van der Waals surface area contributed by atoms with Gasteiger partial charge in [0.15, 0.2) is 11.5 Å². The van der Waals surface area contributed by atoms with Crippen molar-refractivity contribution in [3.63, 3.8) is 0 Å². The molecule has 0 aliphatic heterocycles. The van der Waals surface area contributed by atoms with Crippen molar-refractivity contribution in [1.29, 1.82) is 0 Å². The summed E-state index contributed by atoms with van der Waals surface area (Å²) in [5.74, 6) is 0.411. The summed E-state index contributed by atoms with van der Waals surface area (Å²) in [6.07, 6.45) is 3.84. The van der Waals surface area contributed by atoms with Crippen LogP contribution in [0.5, 0.6) is 0 Å². The van der Waals surface area contributed by atoms with E-state index in [4.69, 9.17) is 20.4 Å². The molecule has 2 amide bonds. The van der Waals surface area contributed by atoms with E-state index >= 15 is 0 Å². The molecule has 0 bridgehead atoms.